The summed E-state index contributed by atoms with van der Waals surface area (Å²) in [6, 6.07) is -23.6. The number of thioether (sulfide) groups is 1. The number of carbonyl (C=O) groups is 20. The standard InChI is InChI=1S/C88H162N26O24S/c1-48(2)42-64(101-69(117)46-99-74(124)54(22-11-16-35-89)102-85(135)65(43-49(3)4)112-72(122)52(9)100-73(123)53(94)47-115)84(134)110-61(29-32-70(118)119)81(131)104-55(23-12-17-36-90)75(125)103-57(25-14-19-38-92)78(128)111-63(34-41-139-10)83(133)105-56(24-13-18-37-91)76(126)109-62(30-33-71(120)121)82(132)113-66(44-50(5)6)86(136)107-58(26-15-20-39-93)77(127)108-60(28-31-68(95)116)80(130)106-59(27-21-40-98-88(96)97)79(129)114-67(87(137)138)45-51(7)8/h48-67,115H,11-47,89-94H2,1-10H3,(H2,95,116)(H,99,124)(H,100,123)(H,101,117)(H,102,135)(H,103,125)(H,104,131)(H,105,133)(H,106,130)(H,107,136)(H,108,127)(H,109,126)(H,110,134)(H,111,128)(H,112,122)(H,113,132)(H,114,129)(H,118,119)(H,120,121)(H,137,138)(H4,96,97,98)/t52-,53-,54-,55-,56-,57-,58-,59-,60-,61-,62-,63-,64-,65-,66-,67-/m0/s1. The Kier molecular flexibility index (Phi) is 66.2. The summed E-state index contributed by atoms with van der Waals surface area (Å²) >= 11 is 1.26. The lowest BCUT2D eigenvalue weighted by Crippen LogP contribution is -2.61. The highest BCUT2D eigenvalue weighted by molar-refractivity contribution is 7.98. The Bertz CT molecular complexity index is 3910. The molecule has 0 saturated carbocycles. The molecule has 0 aliphatic rings. The van der Waals surface area contributed by atoms with Crippen molar-refractivity contribution in [2.75, 3.05) is 64.4 Å². The average Bonchev–Trinajstić information content (AvgIpc) is 0.867. The van der Waals surface area contributed by atoms with Crippen LogP contribution in [0.25, 0.3) is 0 Å². The second-order valence-electron chi connectivity index (χ2n) is 36.1. The van der Waals surface area contributed by atoms with Crippen molar-refractivity contribution >= 4 is 136 Å². The molecule has 0 bridgehead atoms. The Balaban J connectivity index is 7.49. The first-order valence-corrected chi connectivity index (χ1v) is 49.1. The minimum absolute atomic E-state index is 0.00661. The zero-order valence-corrected chi connectivity index (χ0v) is 83.0. The topological polar surface area (TPSA) is 859 Å². The third kappa shape index (κ3) is 56.6. The fourth-order valence-corrected chi connectivity index (χ4v) is 14.6. The van der Waals surface area contributed by atoms with Crippen LogP contribution in [0.5, 0.6) is 0 Å². The Morgan fingerprint density at radius 1 is 0.295 bits per heavy atom. The van der Waals surface area contributed by atoms with Gasteiger partial charge >= 0.3 is 17.9 Å². The number of carboxylic acid groups (broad SMARTS) is 3. The third-order valence-electron chi connectivity index (χ3n) is 21.7. The monoisotopic (exact) mass is 2000 g/mol. The molecule has 0 unspecified atom stereocenters. The van der Waals surface area contributed by atoms with E-state index in [1.54, 1.807) is 61.6 Å². The summed E-state index contributed by atoms with van der Waals surface area (Å²) in [6.45, 7) is 14.4. The highest BCUT2D eigenvalue weighted by atomic mass is 32.2. The molecule has 0 fully saturated rings. The van der Waals surface area contributed by atoms with E-state index < -0.39 is 279 Å². The highest BCUT2D eigenvalue weighted by Gasteiger charge is 2.40. The average molecular weight is 2000 g/mol. The van der Waals surface area contributed by atoms with Crippen molar-refractivity contribution in [3.05, 3.63) is 0 Å². The normalized spacial score (nSPS) is 14.7. The molecule has 0 spiro atoms. The van der Waals surface area contributed by atoms with Crippen LogP contribution in [0.4, 0.5) is 0 Å². The second kappa shape index (κ2) is 72.1. The van der Waals surface area contributed by atoms with Gasteiger partial charge in [0, 0.05) is 25.8 Å². The summed E-state index contributed by atoms with van der Waals surface area (Å²) < 4.78 is 0. The van der Waals surface area contributed by atoms with Gasteiger partial charge in [0.2, 0.25) is 100 Å². The van der Waals surface area contributed by atoms with Crippen LogP contribution in [-0.2, 0) is 95.9 Å². The van der Waals surface area contributed by atoms with Gasteiger partial charge in [0.1, 0.15) is 96.7 Å². The molecule has 50 nitrogen and oxygen atoms in total. The van der Waals surface area contributed by atoms with Gasteiger partial charge in [-0.05, 0) is 236 Å². The fraction of sp³-hybridized carbons (Fsp3) is 0.761. The quantitative estimate of drug-likeness (QED) is 0.0153. The van der Waals surface area contributed by atoms with Crippen LogP contribution in [-0.4, -0.2) is 306 Å². The Morgan fingerprint density at radius 2 is 0.547 bits per heavy atom. The van der Waals surface area contributed by atoms with Gasteiger partial charge < -0.3 is 157 Å². The van der Waals surface area contributed by atoms with Crippen LogP contribution in [0.1, 0.15) is 242 Å². The zero-order chi connectivity index (χ0) is 106. The summed E-state index contributed by atoms with van der Waals surface area (Å²) in [5.41, 5.74) is 45.7. The fourth-order valence-electron chi connectivity index (χ4n) is 14.1. The van der Waals surface area contributed by atoms with Gasteiger partial charge in [-0.25, -0.2) is 4.79 Å². The number of carboxylic acids is 3. The van der Waals surface area contributed by atoms with Crippen molar-refractivity contribution in [1.82, 2.24) is 90.4 Å². The number of carbonyl (C=O) groups excluding carboxylic acids is 17. The minimum Gasteiger partial charge on any atom is -0.481 e. The number of aliphatic hydroxyl groups excluding tert-OH is 1. The van der Waals surface area contributed by atoms with Crippen molar-refractivity contribution in [3.8, 4) is 0 Å². The van der Waals surface area contributed by atoms with E-state index in [1.165, 1.54) is 18.7 Å². The first kappa shape index (κ1) is 128. The summed E-state index contributed by atoms with van der Waals surface area (Å²) in [6.07, 6.45) is -0.0860. The molecule has 0 aromatic heterocycles. The van der Waals surface area contributed by atoms with Gasteiger partial charge in [-0.2, -0.15) is 11.8 Å². The lowest BCUT2D eigenvalue weighted by Gasteiger charge is -2.29. The number of aliphatic hydroxyl groups is 1. The number of aliphatic carboxylic acids is 3. The Labute approximate surface area is 817 Å². The molecule has 0 aliphatic carbocycles. The van der Waals surface area contributed by atoms with Gasteiger partial charge in [-0.3, -0.25) is 96.5 Å². The molecule has 794 valence electrons. The van der Waals surface area contributed by atoms with Crippen LogP contribution in [0.2, 0.25) is 0 Å². The summed E-state index contributed by atoms with van der Waals surface area (Å²) in [5, 5.41) is 90.0. The van der Waals surface area contributed by atoms with Crippen molar-refractivity contribution in [3.63, 3.8) is 0 Å². The first-order valence-electron chi connectivity index (χ1n) is 47.7. The van der Waals surface area contributed by atoms with E-state index in [0.717, 1.165) is 0 Å². The van der Waals surface area contributed by atoms with E-state index in [4.69, 9.17) is 51.3 Å². The zero-order valence-electron chi connectivity index (χ0n) is 82.2. The SMILES string of the molecule is CSCC[C@H](NC(=O)[C@H](CCCCN)NC(=O)[C@H](CCCCN)NC(=O)[C@H](CCC(=O)O)NC(=O)[C@H](CC(C)C)NC(=O)CNC(=O)[C@H](CCCCN)NC(=O)[C@H](CC(C)C)NC(=O)[C@H](C)NC(=O)[C@@H](N)CO)C(=O)N[C@@H](CCCCN)C(=O)N[C@@H](CCC(=O)O)C(=O)N[C@@H](CC(C)C)C(=O)N[C@@H](CCCCN)C(=O)N[C@@H](CCC(N)=O)C(=O)N[C@@H](CCCNC(=N)N)C(=O)N[C@@H](CC(C)C)C(=O)O. The number of nitrogens with one attached hydrogen (secondary N) is 18. The molecule has 0 aliphatic heterocycles. The van der Waals surface area contributed by atoms with Crippen molar-refractivity contribution in [1.29, 1.82) is 5.41 Å². The largest absolute Gasteiger partial charge is 0.481 e. The second-order valence-corrected chi connectivity index (χ2v) is 37.1. The number of guanidine groups is 1. The molecule has 139 heavy (non-hydrogen) atoms. The number of amides is 17. The van der Waals surface area contributed by atoms with Gasteiger partial charge in [0.05, 0.1) is 13.2 Å². The lowest BCUT2D eigenvalue weighted by molar-refractivity contribution is -0.143. The number of rotatable bonds is 78. The smallest absolute Gasteiger partial charge is 0.326 e. The summed E-state index contributed by atoms with van der Waals surface area (Å²) in [5.74, 6) is -21.6. The molecule has 51 heteroatoms. The molecule has 0 aromatic rings. The van der Waals surface area contributed by atoms with Crippen LogP contribution >= 0.6 is 11.8 Å². The summed E-state index contributed by atoms with van der Waals surface area (Å²) in [4.78, 5) is 276. The van der Waals surface area contributed by atoms with Gasteiger partial charge in [0.25, 0.3) is 0 Å². The van der Waals surface area contributed by atoms with Crippen molar-refractivity contribution < 1.29 is 116 Å². The van der Waals surface area contributed by atoms with Crippen LogP contribution in [0.3, 0.4) is 0 Å². The number of hydrogen-bond donors (Lipinski definition) is 30. The molecule has 0 heterocycles. The maximum Gasteiger partial charge on any atom is 0.326 e. The van der Waals surface area contributed by atoms with E-state index in [2.05, 4.69) is 90.4 Å². The van der Waals surface area contributed by atoms with Crippen LogP contribution < -0.4 is 136 Å². The Morgan fingerprint density at radius 3 is 0.820 bits per heavy atom. The molecular formula is C88H162N26O24S. The molecule has 38 N–H and O–H groups in total. The van der Waals surface area contributed by atoms with Gasteiger partial charge in [-0.1, -0.05) is 55.4 Å². The molecule has 0 rings (SSSR count). The number of nitrogens with two attached hydrogens (primary N) is 8. The minimum atomic E-state index is -1.76. The molecule has 0 radical (unpaired) electrons. The van der Waals surface area contributed by atoms with Gasteiger partial charge in [-0.15, -0.1) is 0 Å². The van der Waals surface area contributed by atoms with E-state index in [9.17, 15) is 116 Å². The predicted molar refractivity (Wildman–Crippen MR) is 517 cm³/mol. The van der Waals surface area contributed by atoms with Crippen molar-refractivity contribution in [2.45, 2.75) is 339 Å². The van der Waals surface area contributed by atoms with Gasteiger partial charge in [0.15, 0.2) is 5.96 Å². The van der Waals surface area contributed by atoms with Crippen LogP contribution in [0.15, 0.2) is 0 Å². The van der Waals surface area contributed by atoms with Crippen molar-refractivity contribution in [2.24, 2.45) is 69.5 Å². The molecular weight excluding hydrogens is 1840 g/mol. The van der Waals surface area contributed by atoms with E-state index >= 15 is 0 Å². The first-order chi connectivity index (χ1) is 65.5. The highest BCUT2D eigenvalue weighted by Crippen LogP contribution is 2.18. The molecule has 17 amide bonds. The molecule has 0 saturated heterocycles. The van der Waals surface area contributed by atoms with E-state index in [1.807, 2.05) is 0 Å². The summed E-state index contributed by atoms with van der Waals surface area (Å²) in [7, 11) is 0. The Hall–Kier alpha value is -11.3. The molecule has 0 aromatic carbocycles. The van der Waals surface area contributed by atoms with E-state index in [0.29, 0.717) is 32.1 Å². The van der Waals surface area contributed by atoms with E-state index in [-0.39, 0.29) is 172 Å². The number of hydrogen-bond acceptors (Lipinski definition) is 29. The number of primary amides is 1. The predicted octanol–water partition coefficient (Wildman–Crippen LogP) is -6.36. The van der Waals surface area contributed by atoms with Crippen LogP contribution in [0, 0.1) is 29.1 Å². The molecule has 16 atom stereocenters. The number of unbranched alkanes of at least 4 members (excludes halogenated alkanes) is 5. The maximum absolute atomic E-state index is 14.8. The lowest BCUT2D eigenvalue weighted by atomic mass is 10.00. The third-order valence-corrected chi connectivity index (χ3v) is 22.3. The maximum atomic E-state index is 14.8.